The number of nitrogens with zero attached hydrogens (tertiary/aromatic N) is 2. The van der Waals surface area contributed by atoms with Crippen LogP contribution >= 0.6 is 27.3 Å². The number of halogens is 1. The van der Waals surface area contributed by atoms with Gasteiger partial charge in [0, 0.05) is 9.85 Å². The summed E-state index contributed by atoms with van der Waals surface area (Å²) < 4.78 is 6.22. The van der Waals surface area contributed by atoms with Gasteiger partial charge in [-0.05, 0) is 34.5 Å². The molecule has 0 spiro atoms. The van der Waals surface area contributed by atoms with Crippen molar-refractivity contribution in [2.24, 2.45) is 5.92 Å². The third-order valence-corrected chi connectivity index (χ3v) is 3.77. The highest BCUT2D eigenvalue weighted by atomic mass is 79.9. The van der Waals surface area contributed by atoms with Crippen LogP contribution in [0.4, 0.5) is 0 Å². The zero-order chi connectivity index (χ0) is 12.3. The molecule has 0 aliphatic heterocycles. The van der Waals surface area contributed by atoms with Crippen LogP contribution in [0.15, 0.2) is 20.4 Å². The molecule has 2 heterocycles. The molecule has 0 fully saturated rings. The van der Waals surface area contributed by atoms with Crippen molar-refractivity contribution in [2.75, 3.05) is 6.54 Å². The van der Waals surface area contributed by atoms with E-state index in [-0.39, 0.29) is 0 Å². The normalized spacial score (nSPS) is 11.3. The standard InChI is InChI=1S/C11H14BrN3OS/c1-7(2)4-13-5-10-14-11(15-16-10)9-3-8(12)6-17-9/h3,6-7,13H,4-5H2,1-2H3. The second-order valence-electron chi connectivity index (χ2n) is 4.17. The number of thiophene rings is 1. The van der Waals surface area contributed by atoms with Gasteiger partial charge in [-0.2, -0.15) is 4.98 Å². The quantitative estimate of drug-likeness (QED) is 0.919. The molecule has 0 atom stereocenters. The van der Waals surface area contributed by atoms with Gasteiger partial charge in [0.05, 0.1) is 11.4 Å². The molecule has 17 heavy (non-hydrogen) atoms. The van der Waals surface area contributed by atoms with Crippen LogP contribution in [0.3, 0.4) is 0 Å². The van der Waals surface area contributed by atoms with Gasteiger partial charge in [0.25, 0.3) is 0 Å². The smallest absolute Gasteiger partial charge is 0.240 e. The lowest BCUT2D eigenvalue weighted by atomic mass is 10.2. The third kappa shape index (κ3) is 3.62. The minimum Gasteiger partial charge on any atom is -0.338 e. The van der Waals surface area contributed by atoms with Gasteiger partial charge in [-0.25, -0.2) is 0 Å². The molecule has 1 N–H and O–H groups in total. The number of aromatic nitrogens is 2. The average Bonchev–Trinajstić information content (AvgIpc) is 2.86. The molecule has 4 nitrogen and oxygen atoms in total. The van der Waals surface area contributed by atoms with E-state index >= 15 is 0 Å². The van der Waals surface area contributed by atoms with E-state index in [2.05, 4.69) is 45.2 Å². The van der Waals surface area contributed by atoms with E-state index < -0.39 is 0 Å². The van der Waals surface area contributed by atoms with Crippen molar-refractivity contribution < 1.29 is 4.52 Å². The number of nitrogens with one attached hydrogen (secondary N) is 1. The predicted octanol–water partition coefficient (Wildman–Crippen LogP) is 3.31. The summed E-state index contributed by atoms with van der Waals surface area (Å²) in [5, 5.41) is 9.23. The third-order valence-electron chi connectivity index (χ3n) is 2.08. The predicted molar refractivity (Wildman–Crippen MR) is 71.9 cm³/mol. The highest BCUT2D eigenvalue weighted by Crippen LogP contribution is 2.27. The Hall–Kier alpha value is -0.720. The molecule has 2 aromatic heterocycles. The van der Waals surface area contributed by atoms with Crippen LogP contribution in [0.1, 0.15) is 19.7 Å². The molecule has 0 aromatic carbocycles. The van der Waals surface area contributed by atoms with Crippen LogP contribution < -0.4 is 5.32 Å². The largest absolute Gasteiger partial charge is 0.338 e. The van der Waals surface area contributed by atoms with Gasteiger partial charge in [-0.3, -0.25) is 0 Å². The Kier molecular flexibility index (Phi) is 4.31. The molecule has 2 aromatic rings. The summed E-state index contributed by atoms with van der Waals surface area (Å²) in [6.07, 6.45) is 0. The molecule has 0 aliphatic carbocycles. The fourth-order valence-electron chi connectivity index (χ4n) is 1.32. The van der Waals surface area contributed by atoms with Crippen LogP contribution in [0.2, 0.25) is 0 Å². The summed E-state index contributed by atoms with van der Waals surface area (Å²) in [6, 6.07) is 1.99. The zero-order valence-corrected chi connectivity index (χ0v) is 12.1. The first-order valence-corrected chi connectivity index (χ1v) is 7.10. The molecular weight excluding hydrogens is 302 g/mol. The van der Waals surface area contributed by atoms with E-state index in [0.29, 0.717) is 24.2 Å². The van der Waals surface area contributed by atoms with E-state index in [1.54, 1.807) is 11.3 Å². The first-order chi connectivity index (χ1) is 8.15. The van der Waals surface area contributed by atoms with Crippen LogP contribution in [-0.4, -0.2) is 16.7 Å². The first-order valence-electron chi connectivity index (χ1n) is 5.43. The second kappa shape index (κ2) is 5.75. The molecule has 0 aliphatic rings. The molecule has 0 amide bonds. The topological polar surface area (TPSA) is 51.0 Å². The van der Waals surface area contributed by atoms with Crippen LogP contribution in [0, 0.1) is 5.92 Å². The van der Waals surface area contributed by atoms with Gasteiger partial charge < -0.3 is 9.84 Å². The lowest BCUT2D eigenvalue weighted by molar-refractivity contribution is 0.364. The van der Waals surface area contributed by atoms with E-state index in [1.807, 2.05) is 11.4 Å². The lowest BCUT2D eigenvalue weighted by Gasteiger charge is -2.03. The summed E-state index contributed by atoms with van der Waals surface area (Å²) in [7, 11) is 0. The Morgan fingerprint density at radius 1 is 1.53 bits per heavy atom. The fourth-order valence-corrected chi connectivity index (χ4v) is 2.68. The molecule has 0 saturated carbocycles. The van der Waals surface area contributed by atoms with Crippen LogP contribution in [-0.2, 0) is 6.54 Å². The van der Waals surface area contributed by atoms with Crippen molar-refractivity contribution in [2.45, 2.75) is 20.4 Å². The van der Waals surface area contributed by atoms with E-state index in [1.165, 1.54) is 0 Å². The van der Waals surface area contributed by atoms with Gasteiger partial charge in [0.2, 0.25) is 11.7 Å². The fraction of sp³-hybridized carbons (Fsp3) is 0.455. The Morgan fingerprint density at radius 3 is 3.00 bits per heavy atom. The van der Waals surface area contributed by atoms with Gasteiger partial charge in [-0.15, -0.1) is 11.3 Å². The summed E-state index contributed by atoms with van der Waals surface area (Å²) in [5.41, 5.74) is 0. The lowest BCUT2D eigenvalue weighted by Crippen LogP contribution is -2.19. The summed E-state index contributed by atoms with van der Waals surface area (Å²) in [4.78, 5) is 5.35. The Morgan fingerprint density at radius 2 is 2.35 bits per heavy atom. The SMILES string of the molecule is CC(C)CNCc1nc(-c2cc(Br)cs2)no1. The average molecular weight is 316 g/mol. The number of hydrogen-bond acceptors (Lipinski definition) is 5. The van der Waals surface area contributed by atoms with E-state index in [9.17, 15) is 0 Å². The maximum atomic E-state index is 5.18. The maximum Gasteiger partial charge on any atom is 0.240 e. The molecule has 92 valence electrons. The Bertz CT molecular complexity index is 481. The van der Waals surface area contributed by atoms with E-state index in [4.69, 9.17) is 4.52 Å². The minimum atomic E-state index is 0.616. The van der Waals surface area contributed by atoms with Crippen molar-refractivity contribution in [1.82, 2.24) is 15.5 Å². The number of rotatable bonds is 5. The molecule has 0 bridgehead atoms. The minimum absolute atomic E-state index is 0.616. The van der Waals surface area contributed by atoms with Gasteiger partial charge in [-0.1, -0.05) is 19.0 Å². The number of hydrogen-bond donors (Lipinski definition) is 1. The highest BCUT2D eigenvalue weighted by Gasteiger charge is 2.10. The van der Waals surface area contributed by atoms with Crippen molar-refractivity contribution in [3.8, 4) is 10.7 Å². The zero-order valence-electron chi connectivity index (χ0n) is 9.74. The Labute approximate surface area is 113 Å². The summed E-state index contributed by atoms with van der Waals surface area (Å²) >= 11 is 5.00. The molecule has 0 unspecified atom stereocenters. The second-order valence-corrected chi connectivity index (χ2v) is 5.99. The molecule has 0 radical (unpaired) electrons. The van der Waals surface area contributed by atoms with Crippen molar-refractivity contribution in [1.29, 1.82) is 0 Å². The van der Waals surface area contributed by atoms with E-state index in [0.717, 1.165) is 15.9 Å². The van der Waals surface area contributed by atoms with Crippen molar-refractivity contribution >= 4 is 27.3 Å². The Balaban J connectivity index is 1.96. The van der Waals surface area contributed by atoms with Crippen LogP contribution in [0.5, 0.6) is 0 Å². The molecule has 0 saturated heterocycles. The van der Waals surface area contributed by atoms with Gasteiger partial charge in [0.1, 0.15) is 0 Å². The maximum absolute atomic E-state index is 5.18. The molecule has 2 rings (SSSR count). The first kappa shape index (κ1) is 12.7. The van der Waals surface area contributed by atoms with Crippen molar-refractivity contribution in [3.63, 3.8) is 0 Å². The summed E-state index contributed by atoms with van der Waals surface area (Å²) in [6.45, 7) is 5.89. The van der Waals surface area contributed by atoms with Gasteiger partial charge >= 0.3 is 0 Å². The van der Waals surface area contributed by atoms with Crippen LogP contribution in [0.25, 0.3) is 10.7 Å². The van der Waals surface area contributed by atoms with Crippen molar-refractivity contribution in [3.05, 3.63) is 21.8 Å². The molecule has 6 heteroatoms. The monoisotopic (exact) mass is 315 g/mol. The highest BCUT2D eigenvalue weighted by molar-refractivity contribution is 9.10. The molecular formula is C11H14BrN3OS. The van der Waals surface area contributed by atoms with Gasteiger partial charge in [0.15, 0.2) is 0 Å². The summed E-state index contributed by atoms with van der Waals surface area (Å²) in [5.74, 6) is 1.90.